The van der Waals surface area contributed by atoms with Crippen molar-refractivity contribution in [1.29, 1.82) is 0 Å². The number of hydrogen-bond donors (Lipinski definition) is 1. The Morgan fingerprint density at radius 1 is 1.30 bits per heavy atom. The number of nitrogens with one attached hydrogen (secondary N) is 1. The van der Waals surface area contributed by atoms with Gasteiger partial charge in [0.1, 0.15) is 0 Å². The SMILES string of the molecule is COCCNCC(Cc1ccccc1Br)C1CCCC1. The molecule has 0 aliphatic heterocycles. The summed E-state index contributed by atoms with van der Waals surface area (Å²) in [5.41, 5.74) is 1.44. The Morgan fingerprint density at radius 2 is 2.05 bits per heavy atom. The highest BCUT2D eigenvalue weighted by molar-refractivity contribution is 9.10. The summed E-state index contributed by atoms with van der Waals surface area (Å²) in [5, 5.41) is 3.56. The average molecular weight is 340 g/mol. The predicted molar refractivity (Wildman–Crippen MR) is 88.0 cm³/mol. The van der Waals surface area contributed by atoms with Gasteiger partial charge in [-0.2, -0.15) is 0 Å². The van der Waals surface area contributed by atoms with Gasteiger partial charge in [-0.3, -0.25) is 0 Å². The number of hydrogen-bond acceptors (Lipinski definition) is 2. The van der Waals surface area contributed by atoms with Crippen molar-refractivity contribution in [2.24, 2.45) is 11.8 Å². The van der Waals surface area contributed by atoms with Crippen LogP contribution in [-0.4, -0.2) is 26.8 Å². The molecule has 0 aromatic heterocycles. The molecule has 20 heavy (non-hydrogen) atoms. The maximum absolute atomic E-state index is 5.12. The van der Waals surface area contributed by atoms with Crippen LogP contribution in [0.15, 0.2) is 28.7 Å². The molecule has 1 fully saturated rings. The topological polar surface area (TPSA) is 21.3 Å². The first-order valence-electron chi connectivity index (χ1n) is 7.74. The van der Waals surface area contributed by atoms with Gasteiger partial charge >= 0.3 is 0 Å². The summed E-state index contributed by atoms with van der Waals surface area (Å²) in [4.78, 5) is 0. The smallest absolute Gasteiger partial charge is 0.0587 e. The van der Waals surface area contributed by atoms with Gasteiger partial charge < -0.3 is 10.1 Å². The van der Waals surface area contributed by atoms with E-state index >= 15 is 0 Å². The summed E-state index contributed by atoms with van der Waals surface area (Å²) >= 11 is 3.69. The number of benzene rings is 1. The zero-order chi connectivity index (χ0) is 14.2. The van der Waals surface area contributed by atoms with Crippen molar-refractivity contribution in [1.82, 2.24) is 5.32 Å². The molecule has 2 nitrogen and oxygen atoms in total. The van der Waals surface area contributed by atoms with Gasteiger partial charge in [0.25, 0.3) is 0 Å². The first-order valence-corrected chi connectivity index (χ1v) is 8.53. The molecule has 1 N–H and O–H groups in total. The Balaban J connectivity index is 1.93. The second-order valence-electron chi connectivity index (χ2n) is 5.80. The zero-order valence-electron chi connectivity index (χ0n) is 12.4. The molecule has 1 atom stereocenters. The molecule has 2 rings (SSSR count). The molecule has 0 spiro atoms. The fraction of sp³-hybridized carbons (Fsp3) is 0.647. The average Bonchev–Trinajstić information content (AvgIpc) is 2.98. The van der Waals surface area contributed by atoms with Crippen molar-refractivity contribution in [2.75, 3.05) is 26.8 Å². The Bertz CT molecular complexity index is 390. The van der Waals surface area contributed by atoms with E-state index in [2.05, 4.69) is 45.5 Å². The van der Waals surface area contributed by atoms with Crippen LogP contribution in [0.5, 0.6) is 0 Å². The normalized spacial score (nSPS) is 17.5. The highest BCUT2D eigenvalue weighted by Gasteiger charge is 2.25. The highest BCUT2D eigenvalue weighted by atomic mass is 79.9. The summed E-state index contributed by atoms with van der Waals surface area (Å²) in [6.45, 7) is 2.86. The van der Waals surface area contributed by atoms with Gasteiger partial charge in [0.05, 0.1) is 6.61 Å². The van der Waals surface area contributed by atoms with Crippen LogP contribution in [0.1, 0.15) is 31.2 Å². The van der Waals surface area contributed by atoms with Gasteiger partial charge in [-0.15, -0.1) is 0 Å². The molecule has 1 aromatic rings. The lowest BCUT2D eigenvalue weighted by Gasteiger charge is -2.24. The van der Waals surface area contributed by atoms with Crippen LogP contribution >= 0.6 is 15.9 Å². The Kier molecular flexibility index (Phi) is 7.05. The van der Waals surface area contributed by atoms with Crippen molar-refractivity contribution in [2.45, 2.75) is 32.1 Å². The van der Waals surface area contributed by atoms with Gasteiger partial charge in [0.2, 0.25) is 0 Å². The van der Waals surface area contributed by atoms with E-state index in [9.17, 15) is 0 Å². The van der Waals surface area contributed by atoms with Crippen LogP contribution in [0.25, 0.3) is 0 Å². The monoisotopic (exact) mass is 339 g/mol. The molecule has 0 amide bonds. The lowest BCUT2D eigenvalue weighted by molar-refractivity contribution is 0.195. The van der Waals surface area contributed by atoms with Crippen molar-refractivity contribution in [3.8, 4) is 0 Å². The van der Waals surface area contributed by atoms with Crippen LogP contribution in [0.3, 0.4) is 0 Å². The summed E-state index contributed by atoms with van der Waals surface area (Å²) in [6, 6.07) is 8.64. The van der Waals surface area contributed by atoms with Crippen molar-refractivity contribution in [3.63, 3.8) is 0 Å². The number of halogens is 1. The number of rotatable bonds is 8. The molecule has 0 radical (unpaired) electrons. The second-order valence-corrected chi connectivity index (χ2v) is 6.65. The van der Waals surface area contributed by atoms with E-state index in [1.807, 2.05) is 0 Å². The molecule has 112 valence electrons. The van der Waals surface area contributed by atoms with E-state index < -0.39 is 0 Å². The number of ether oxygens (including phenoxy) is 1. The van der Waals surface area contributed by atoms with Crippen LogP contribution in [0, 0.1) is 11.8 Å². The van der Waals surface area contributed by atoms with E-state index in [0.29, 0.717) is 0 Å². The maximum Gasteiger partial charge on any atom is 0.0587 e. The first kappa shape index (κ1) is 16.0. The molecule has 1 saturated carbocycles. The highest BCUT2D eigenvalue weighted by Crippen LogP contribution is 2.34. The minimum Gasteiger partial charge on any atom is -0.383 e. The summed E-state index contributed by atoms with van der Waals surface area (Å²) in [6.07, 6.45) is 6.80. The van der Waals surface area contributed by atoms with Crippen LogP contribution < -0.4 is 5.32 Å². The fourth-order valence-electron chi connectivity index (χ4n) is 3.24. The Labute approximate surface area is 131 Å². The molecule has 0 saturated heterocycles. The Morgan fingerprint density at radius 3 is 2.75 bits per heavy atom. The third kappa shape index (κ3) is 4.87. The summed E-state index contributed by atoms with van der Waals surface area (Å²) in [7, 11) is 1.76. The molecule has 1 aliphatic carbocycles. The lowest BCUT2D eigenvalue weighted by atomic mass is 9.85. The second kappa shape index (κ2) is 8.81. The van der Waals surface area contributed by atoms with Gasteiger partial charge in [-0.05, 0) is 36.4 Å². The first-order chi connectivity index (χ1) is 9.81. The van der Waals surface area contributed by atoms with Gasteiger partial charge in [-0.1, -0.05) is 59.8 Å². The fourth-order valence-corrected chi connectivity index (χ4v) is 3.69. The third-order valence-electron chi connectivity index (χ3n) is 4.40. The van der Waals surface area contributed by atoms with Gasteiger partial charge in [-0.25, -0.2) is 0 Å². The molecule has 1 aromatic carbocycles. The standard InChI is InChI=1S/C17H26BrNO/c1-20-11-10-19-13-16(14-6-2-3-7-14)12-15-8-4-5-9-17(15)18/h4-5,8-9,14,16,19H,2-3,6-7,10-13H2,1H3. The maximum atomic E-state index is 5.12. The van der Waals surface area contributed by atoms with Crippen LogP contribution in [0.2, 0.25) is 0 Å². The molecule has 3 heteroatoms. The molecular weight excluding hydrogens is 314 g/mol. The molecule has 1 aliphatic rings. The molecule has 1 unspecified atom stereocenters. The van der Waals surface area contributed by atoms with Crippen LogP contribution in [-0.2, 0) is 11.2 Å². The Hall–Kier alpha value is -0.380. The van der Waals surface area contributed by atoms with Gasteiger partial charge in [0.15, 0.2) is 0 Å². The zero-order valence-corrected chi connectivity index (χ0v) is 14.0. The minimum atomic E-state index is 0.744. The summed E-state index contributed by atoms with van der Waals surface area (Å²) in [5.74, 6) is 1.63. The van der Waals surface area contributed by atoms with E-state index in [1.54, 1.807) is 7.11 Å². The van der Waals surface area contributed by atoms with Crippen molar-refractivity contribution in [3.05, 3.63) is 34.3 Å². The third-order valence-corrected chi connectivity index (χ3v) is 5.17. The van der Waals surface area contributed by atoms with E-state index in [0.717, 1.165) is 31.5 Å². The quantitative estimate of drug-likeness (QED) is 0.722. The van der Waals surface area contributed by atoms with E-state index in [-0.39, 0.29) is 0 Å². The molecule has 0 heterocycles. The van der Waals surface area contributed by atoms with Gasteiger partial charge in [0, 0.05) is 18.1 Å². The minimum absolute atomic E-state index is 0.744. The largest absolute Gasteiger partial charge is 0.383 e. The molecular formula is C17H26BrNO. The lowest BCUT2D eigenvalue weighted by Crippen LogP contribution is -2.31. The van der Waals surface area contributed by atoms with Crippen molar-refractivity contribution >= 4 is 15.9 Å². The predicted octanol–water partition coefficient (Wildman–Crippen LogP) is 4.03. The van der Waals surface area contributed by atoms with E-state index in [4.69, 9.17) is 4.74 Å². The molecule has 0 bridgehead atoms. The van der Waals surface area contributed by atoms with Crippen molar-refractivity contribution < 1.29 is 4.74 Å². The van der Waals surface area contributed by atoms with Crippen LogP contribution in [0.4, 0.5) is 0 Å². The number of methoxy groups -OCH3 is 1. The summed E-state index contributed by atoms with van der Waals surface area (Å²) < 4.78 is 6.37. The van der Waals surface area contributed by atoms with E-state index in [1.165, 1.54) is 42.1 Å².